The van der Waals surface area contributed by atoms with E-state index in [2.05, 4.69) is 20.7 Å². The minimum atomic E-state index is -4.27. The van der Waals surface area contributed by atoms with E-state index in [1.165, 1.54) is 30.3 Å². The van der Waals surface area contributed by atoms with Crippen molar-refractivity contribution in [1.82, 2.24) is 4.90 Å². The highest BCUT2D eigenvalue weighted by atomic mass is 79.9. The van der Waals surface area contributed by atoms with E-state index in [-0.39, 0.29) is 26.4 Å². The van der Waals surface area contributed by atoms with E-state index in [9.17, 15) is 21.9 Å². The molecule has 0 aromatic heterocycles. The van der Waals surface area contributed by atoms with Gasteiger partial charge in [0.05, 0.1) is 21.4 Å². The molecule has 0 bridgehead atoms. The molecule has 0 aliphatic rings. The maximum absolute atomic E-state index is 12.7. The summed E-state index contributed by atoms with van der Waals surface area (Å²) in [4.78, 5) is 1.30. The Labute approximate surface area is 188 Å². The Balaban J connectivity index is 2.37. The van der Waals surface area contributed by atoms with E-state index >= 15 is 0 Å². The highest BCUT2D eigenvalue weighted by Crippen LogP contribution is 2.35. The molecule has 0 aliphatic carbocycles. The molecule has 0 unspecified atom stereocenters. The van der Waals surface area contributed by atoms with Crippen LogP contribution in [0.1, 0.15) is 6.42 Å². The van der Waals surface area contributed by atoms with E-state index in [1.807, 2.05) is 19.0 Å². The number of aromatic hydroxyl groups is 1. The van der Waals surface area contributed by atoms with Gasteiger partial charge < -0.3 is 10.0 Å². The van der Waals surface area contributed by atoms with Gasteiger partial charge >= 0.3 is 0 Å². The third-order valence-electron chi connectivity index (χ3n) is 3.78. The molecule has 0 fully saturated rings. The molecule has 12 heteroatoms. The van der Waals surface area contributed by atoms with E-state index in [4.69, 9.17) is 23.2 Å². The number of rotatable bonds is 8. The first-order valence-corrected chi connectivity index (χ1v) is 12.9. The summed E-state index contributed by atoms with van der Waals surface area (Å²) in [7, 11) is -4.27. The van der Waals surface area contributed by atoms with E-state index in [0.29, 0.717) is 17.4 Å². The van der Waals surface area contributed by atoms with Crippen molar-refractivity contribution >= 4 is 64.7 Å². The van der Waals surface area contributed by atoms with Gasteiger partial charge in [0.25, 0.3) is 10.0 Å². The van der Waals surface area contributed by atoms with Gasteiger partial charge in [-0.25, -0.2) is 16.8 Å². The highest BCUT2D eigenvalue weighted by Gasteiger charge is 2.23. The van der Waals surface area contributed by atoms with Gasteiger partial charge in [-0.3, -0.25) is 4.72 Å². The zero-order valence-corrected chi connectivity index (χ0v) is 20.2. The fraction of sp³-hybridized carbons (Fsp3) is 0.294. The second-order valence-electron chi connectivity index (χ2n) is 6.49. The molecule has 0 spiro atoms. The van der Waals surface area contributed by atoms with E-state index in [1.54, 1.807) is 0 Å². The van der Waals surface area contributed by atoms with Gasteiger partial charge in [0, 0.05) is 9.50 Å². The topological polar surface area (TPSA) is 104 Å². The number of hydrogen-bond acceptors (Lipinski definition) is 6. The van der Waals surface area contributed by atoms with Crippen LogP contribution in [0.5, 0.6) is 5.75 Å². The number of phenols is 1. The first-order valence-electron chi connectivity index (χ1n) is 8.21. The van der Waals surface area contributed by atoms with Crippen molar-refractivity contribution in [3.63, 3.8) is 0 Å². The molecule has 0 saturated carbocycles. The number of nitrogens with one attached hydrogen (secondary N) is 1. The molecule has 2 N–H and O–H groups in total. The standard InChI is InChI=1S/C17H19BrCl2N2O5S2/c1-22(2)4-3-5-28(24,25)14-9-12(19)8-13(10-14)21-29(26,27)16-7-11(18)6-15(20)17(16)23/h6-10,21,23H,3-5H2,1-2H3. The van der Waals surface area contributed by atoms with Gasteiger partial charge in [-0.2, -0.15) is 0 Å². The summed E-state index contributed by atoms with van der Waals surface area (Å²) < 4.78 is 53.1. The molecule has 160 valence electrons. The molecule has 0 aliphatic heterocycles. The normalized spacial score (nSPS) is 12.3. The van der Waals surface area contributed by atoms with Gasteiger partial charge in [0.1, 0.15) is 4.90 Å². The van der Waals surface area contributed by atoms with Crippen molar-refractivity contribution in [2.45, 2.75) is 16.2 Å². The smallest absolute Gasteiger partial charge is 0.265 e. The number of benzene rings is 2. The highest BCUT2D eigenvalue weighted by molar-refractivity contribution is 9.10. The number of halogens is 3. The quantitative estimate of drug-likeness (QED) is 0.520. The first-order chi connectivity index (χ1) is 13.3. The largest absolute Gasteiger partial charge is 0.505 e. The maximum atomic E-state index is 12.7. The second kappa shape index (κ2) is 9.40. The molecular formula is C17H19BrCl2N2O5S2. The first kappa shape index (κ1) is 24.2. The fourth-order valence-electron chi connectivity index (χ4n) is 2.45. The lowest BCUT2D eigenvalue weighted by Crippen LogP contribution is -2.18. The van der Waals surface area contributed by atoms with Crippen LogP contribution in [0.4, 0.5) is 5.69 Å². The lowest BCUT2D eigenvalue weighted by atomic mass is 10.3. The summed E-state index contributed by atoms with van der Waals surface area (Å²) >= 11 is 15.0. The molecule has 7 nitrogen and oxygen atoms in total. The SMILES string of the molecule is CN(C)CCCS(=O)(=O)c1cc(Cl)cc(NS(=O)(=O)c2cc(Br)cc(Cl)c2O)c1. The van der Waals surface area contributed by atoms with Crippen molar-refractivity contribution in [1.29, 1.82) is 0 Å². The zero-order chi connectivity index (χ0) is 22.0. The Hall–Kier alpha value is -1.04. The van der Waals surface area contributed by atoms with Crippen LogP contribution in [0, 0.1) is 0 Å². The molecule has 29 heavy (non-hydrogen) atoms. The Morgan fingerprint density at radius 2 is 1.72 bits per heavy atom. The number of hydrogen-bond donors (Lipinski definition) is 2. The molecule has 0 radical (unpaired) electrons. The van der Waals surface area contributed by atoms with Crippen LogP contribution >= 0.6 is 39.1 Å². The molecule has 2 aromatic carbocycles. The molecule has 2 aromatic rings. The summed E-state index contributed by atoms with van der Waals surface area (Å²) in [5, 5.41) is 9.91. The van der Waals surface area contributed by atoms with Crippen LogP contribution in [-0.2, 0) is 19.9 Å². The summed E-state index contributed by atoms with van der Waals surface area (Å²) in [5.74, 6) is -0.736. The predicted octanol–water partition coefficient (Wildman–Crippen LogP) is 3.99. The zero-order valence-electron chi connectivity index (χ0n) is 15.5. The minimum Gasteiger partial charge on any atom is -0.505 e. The molecule has 0 atom stereocenters. The summed E-state index contributed by atoms with van der Waals surface area (Å²) in [6, 6.07) is 6.23. The third kappa shape index (κ3) is 6.47. The van der Waals surface area contributed by atoms with Crippen molar-refractivity contribution in [3.8, 4) is 5.75 Å². The molecule has 0 heterocycles. The Bertz CT molecular complexity index is 1120. The average molecular weight is 546 g/mol. The number of anilines is 1. The van der Waals surface area contributed by atoms with Crippen LogP contribution in [0.3, 0.4) is 0 Å². The van der Waals surface area contributed by atoms with Gasteiger partial charge in [-0.1, -0.05) is 39.1 Å². The number of sulfonamides is 1. The molecule has 2 rings (SSSR count). The van der Waals surface area contributed by atoms with Gasteiger partial charge in [-0.15, -0.1) is 0 Å². The lowest BCUT2D eigenvalue weighted by Gasteiger charge is -2.13. The average Bonchev–Trinajstić information content (AvgIpc) is 2.56. The van der Waals surface area contributed by atoms with Gasteiger partial charge in [0.2, 0.25) is 0 Å². The second-order valence-corrected chi connectivity index (χ2v) is 12.0. The summed E-state index contributed by atoms with van der Waals surface area (Å²) in [6.45, 7) is 0.586. The van der Waals surface area contributed by atoms with Gasteiger partial charge in [0.15, 0.2) is 15.6 Å². The number of sulfone groups is 1. The number of phenolic OH excluding ortho intramolecular Hbond substituents is 1. The van der Waals surface area contributed by atoms with Crippen molar-refractivity contribution in [3.05, 3.63) is 44.8 Å². The Morgan fingerprint density at radius 3 is 2.34 bits per heavy atom. The van der Waals surface area contributed by atoms with E-state index < -0.39 is 30.5 Å². The Morgan fingerprint density at radius 1 is 1.07 bits per heavy atom. The van der Waals surface area contributed by atoms with Crippen LogP contribution in [0.2, 0.25) is 10.0 Å². The van der Waals surface area contributed by atoms with Crippen LogP contribution in [-0.4, -0.2) is 53.2 Å². The summed E-state index contributed by atoms with van der Waals surface area (Å²) in [5.41, 5.74) is -0.0563. The van der Waals surface area contributed by atoms with Crippen molar-refractivity contribution < 1.29 is 21.9 Å². The molecular weight excluding hydrogens is 527 g/mol. The lowest BCUT2D eigenvalue weighted by molar-refractivity contribution is 0.408. The van der Waals surface area contributed by atoms with Crippen LogP contribution in [0.25, 0.3) is 0 Å². The fourth-order valence-corrected chi connectivity index (χ4v) is 6.31. The van der Waals surface area contributed by atoms with Crippen molar-refractivity contribution in [2.24, 2.45) is 0 Å². The number of nitrogens with zero attached hydrogens (tertiary/aromatic N) is 1. The Kier molecular flexibility index (Phi) is 7.86. The molecule has 0 amide bonds. The monoisotopic (exact) mass is 544 g/mol. The summed E-state index contributed by atoms with van der Waals surface area (Å²) in [6.07, 6.45) is 0.410. The maximum Gasteiger partial charge on any atom is 0.265 e. The third-order valence-corrected chi connectivity index (χ3v) is 7.92. The minimum absolute atomic E-state index is 0.0490. The van der Waals surface area contributed by atoms with Crippen LogP contribution in [0.15, 0.2) is 44.6 Å². The van der Waals surface area contributed by atoms with E-state index in [0.717, 1.165) is 0 Å². The van der Waals surface area contributed by atoms with Crippen LogP contribution < -0.4 is 4.72 Å². The molecule has 0 saturated heterocycles. The predicted molar refractivity (Wildman–Crippen MR) is 118 cm³/mol. The van der Waals surface area contributed by atoms with Gasteiger partial charge in [-0.05, 0) is 57.4 Å². The van der Waals surface area contributed by atoms with Crippen molar-refractivity contribution in [2.75, 3.05) is 31.1 Å².